The summed E-state index contributed by atoms with van der Waals surface area (Å²) in [6, 6.07) is 8.14. The fourth-order valence-corrected chi connectivity index (χ4v) is 3.29. The van der Waals surface area contributed by atoms with Crippen LogP contribution in [-0.4, -0.2) is 39.7 Å². The number of nitrogens with two attached hydrogens (primary N) is 1. The number of aryl methyl sites for hydroxylation is 1. The third-order valence-corrected chi connectivity index (χ3v) is 4.70. The highest BCUT2D eigenvalue weighted by Gasteiger charge is 2.30. The molecule has 1 aliphatic rings. The molecule has 3 rings (SSSR count). The Bertz CT molecular complexity index is 700. The number of benzene rings is 1. The Kier molecular flexibility index (Phi) is 6.02. The van der Waals surface area contributed by atoms with Gasteiger partial charge in [-0.3, -0.25) is 4.79 Å². The van der Waals surface area contributed by atoms with Crippen LogP contribution < -0.4 is 5.73 Å². The number of para-hydroxylation sites is 1. The van der Waals surface area contributed by atoms with Gasteiger partial charge in [0.2, 0.25) is 0 Å². The van der Waals surface area contributed by atoms with E-state index in [9.17, 15) is 4.79 Å². The molecule has 5 nitrogen and oxygen atoms in total. The number of halogens is 1. The van der Waals surface area contributed by atoms with Crippen LogP contribution in [0.2, 0.25) is 0 Å². The maximum atomic E-state index is 12.8. The molecule has 0 bridgehead atoms. The zero-order valence-electron chi connectivity index (χ0n) is 14.2. The van der Waals surface area contributed by atoms with Crippen molar-refractivity contribution in [2.45, 2.75) is 32.7 Å². The van der Waals surface area contributed by atoms with E-state index in [1.165, 1.54) is 0 Å². The number of piperidine rings is 1. The van der Waals surface area contributed by atoms with Crippen molar-refractivity contribution in [3.05, 3.63) is 47.8 Å². The van der Waals surface area contributed by atoms with E-state index in [0.717, 1.165) is 30.6 Å². The van der Waals surface area contributed by atoms with Gasteiger partial charge in [0, 0.05) is 25.3 Å². The average molecular weight is 349 g/mol. The summed E-state index contributed by atoms with van der Waals surface area (Å²) in [6.07, 6.45) is 5.49. The summed E-state index contributed by atoms with van der Waals surface area (Å²) in [5.74, 6) is 0.662. The molecule has 0 radical (unpaired) electrons. The first-order valence-corrected chi connectivity index (χ1v) is 8.22. The van der Waals surface area contributed by atoms with E-state index < -0.39 is 0 Å². The van der Waals surface area contributed by atoms with E-state index >= 15 is 0 Å². The second kappa shape index (κ2) is 7.81. The van der Waals surface area contributed by atoms with Crippen LogP contribution in [0.5, 0.6) is 0 Å². The van der Waals surface area contributed by atoms with Crippen molar-refractivity contribution in [1.82, 2.24) is 14.7 Å². The first-order chi connectivity index (χ1) is 11.1. The van der Waals surface area contributed by atoms with E-state index in [2.05, 4.69) is 12.0 Å². The molecule has 2 N–H and O–H groups in total. The number of nitrogens with zero attached hydrogens (tertiary/aromatic N) is 3. The Morgan fingerprint density at radius 1 is 1.38 bits per heavy atom. The molecule has 0 saturated carbocycles. The number of carbonyl (C=O) groups excluding carboxylic acids is 1. The normalized spacial score (nSPS) is 20.5. The molecule has 1 saturated heterocycles. The topological polar surface area (TPSA) is 64.2 Å². The lowest BCUT2D eigenvalue weighted by atomic mass is 9.92. The van der Waals surface area contributed by atoms with E-state index in [0.29, 0.717) is 18.0 Å². The van der Waals surface area contributed by atoms with Gasteiger partial charge in [0.15, 0.2) is 0 Å². The third-order valence-electron chi connectivity index (χ3n) is 4.70. The number of aromatic nitrogens is 2. The molecule has 1 aromatic heterocycles. The SMILES string of the molecule is Cc1ccccc1-n1cc(C(=O)N2CCC(C)CC2CN)cn1.Cl. The maximum Gasteiger partial charge on any atom is 0.257 e. The van der Waals surface area contributed by atoms with E-state index in [1.807, 2.05) is 42.3 Å². The van der Waals surface area contributed by atoms with Gasteiger partial charge in [0.1, 0.15) is 0 Å². The number of amides is 1. The van der Waals surface area contributed by atoms with Crippen molar-refractivity contribution in [3.8, 4) is 5.69 Å². The van der Waals surface area contributed by atoms with Crippen molar-refractivity contribution in [3.63, 3.8) is 0 Å². The van der Waals surface area contributed by atoms with Crippen LogP contribution in [-0.2, 0) is 0 Å². The molecular formula is C18H25ClN4O. The number of carbonyl (C=O) groups is 1. The lowest BCUT2D eigenvalue weighted by Crippen LogP contribution is -2.49. The number of hydrogen-bond acceptors (Lipinski definition) is 3. The molecule has 2 heterocycles. The smallest absolute Gasteiger partial charge is 0.257 e. The second-order valence-electron chi connectivity index (χ2n) is 6.48. The summed E-state index contributed by atoms with van der Waals surface area (Å²) >= 11 is 0. The fraction of sp³-hybridized carbons (Fsp3) is 0.444. The summed E-state index contributed by atoms with van der Waals surface area (Å²) in [6.45, 7) is 5.55. The van der Waals surface area contributed by atoms with Crippen molar-refractivity contribution in [2.24, 2.45) is 11.7 Å². The lowest BCUT2D eigenvalue weighted by molar-refractivity contribution is 0.0573. The minimum absolute atomic E-state index is 0. The average Bonchev–Trinajstić information content (AvgIpc) is 3.04. The highest BCUT2D eigenvalue weighted by Crippen LogP contribution is 2.24. The van der Waals surface area contributed by atoms with Crippen LogP contribution >= 0.6 is 12.4 Å². The first kappa shape index (κ1) is 18.5. The third kappa shape index (κ3) is 3.62. The van der Waals surface area contributed by atoms with Crippen LogP contribution in [0.4, 0.5) is 0 Å². The molecule has 2 atom stereocenters. The van der Waals surface area contributed by atoms with Crippen LogP contribution in [0.25, 0.3) is 5.69 Å². The molecule has 6 heteroatoms. The molecule has 1 amide bonds. The van der Waals surface area contributed by atoms with Crippen molar-refractivity contribution in [2.75, 3.05) is 13.1 Å². The standard InChI is InChI=1S/C18H24N4O.ClH/c1-13-7-8-21(16(9-13)10-19)18(23)15-11-20-22(12-15)17-6-4-3-5-14(17)2;/h3-6,11-13,16H,7-10,19H2,1-2H3;1H. The van der Waals surface area contributed by atoms with Gasteiger partial charge in [-0.15, -0.1) is 12.4 Å². The molecule has 0 aliphatic carbocycles. The van der Waals surface area contributed by atoms with Gasteiger partial charge in [-0.2, -0.15) is 5.10 Å². The first-order valence-electron chi connectivity index (χ1n) is 8.22. The zero-order chi connectivity index (χ0) is 16.4. The van der Waals surface area contributed by atoms with Crippen LogP contribution in [0, 0.1) is 12.8 Å². The summed E-state index contributed by atoms with van der Waals surface area (Å²) in [5, 5.41) is 4.37. The Morgan fingerprint density at radius 3 is 2.83 bits per heavy atom. The predicted octanol–water partition coefficient (Wildman–Crippen LogP) is 2.80. The van der Waals surface area contributed by atoms with Crippen LogP contribution in [0.3, 0.4) is 0 Å². The number of rotatable bonds is 3. The molecule has 2 aromatic rings. The Hall–Kier alpha value is -1.85. The van der Waals surface area contributed by atoms with Gasteiger partial charge in [0.05, 0.1) is 17.4 Å². The van der Waals surface area contributed by atoms with Gasteiger partial charge < -0.3 is 10.6 Å². The Labute approximate surface area is 149 Å². The van der Waals surface area contributed by atoms with E-state index in [1.54, 1.807) is 10.9 Å². The molecule has 1 aliphatic heterocycles. The van der Waals surface area contributed by atoms with Crippen LogP contribution in [0.1, 0.15) is 35.7 Å². The molecular weight excluding hydrogens is 324 g/mol. The fourth-order valence-electron chi connectivity index (χ4n) is 3.29. The largest absolute Gasteiger partial charge is 0.334 e. The predicted molar refractivity (Wildman–Crippen MR) is 97.8 cm³/mol. The Balaban J connectivity index is 0.00000208. The van der Waals surface area contributed by atoms with Gasteiger partial charge in [-0.25, -0.2) is 4.68 Å². The summed E-state index contributed by atoms with van der Waals surface area (Å²) in [7, 11) is 0. The van der Waals surface area contributed by atoms with Crippen molar-refractivity contribution in [1.29, 1.82) is 0 Å². The van der Waals surface area contributed by atoms with Crippen molar-refractivity contribution >= 4 is 18.3 Å². The molecule has 1 fully saturated rings. The number of likely N-dealkylation sites (tertiary alicyclic amines) is 1. The lowest BCUT2D eigenvalue weighted by Gasteiger charge is -2.37. The molecule has 0 spiro atoms. The molecule has 130 valence electrons. The zero-order valence-corrected chi connectivity index (χ0v) is 15.0. The second-order valence-corrected chi connectivity index (χ2v) is 6.48. The molecule has 2 unspecified atom stereocenters. The van der Waals surface area contributed by atoms with Gasteiger partial charge in [-0.05, 0) is 37.3 Å². The highest BCUT2D eigenvalue weighted by atomic mass is 35.5. The van der Waals surface area contributed by atoms with Gasteiger partial charge in [0.25, 0.3) is 5.91 Å². The van der Waals surface area contributed by atoms with Crippen LogP contribution in [0.15, 0.2) is 36.7 Å². The number of hydrogen-bond donors (Lipinski definition) is 1. The summed E-state index contributed by atoms with van der Waals surface area (Å²) < 4.78 is 1.77. The quantitative estimate of drug-likeness (QED) is 0.927. The van der Waals surface area contributed by atoms with E-state index in [-0.39, 0.29) is 24.4 Å². The Morgan fingerprint density at radius 2 is 2.12 bits per heavy atom. The summed E-state index contributed by atoms with van der Waals surface area (Å²) in [4.78, 5) is 14.7. The van der Waals surface area contributed by atoms with Gasteiger partial charge in [-0.1, -0.05) is 25.1 Å². The minimum Gasteiger partial charge on any atom is -0.334 e. The highest BCUT2D eigenvalue weighted by molar-refractivity contribution is 5.94. The van der Waals surface area contributed by atoms with E-state index in [4.69, 9.17) is 5.73 Å². The van der Waals surface area contributed by atoms with Crippen molar-refractivity contribution < 1.29 is 4.79 Å². The minimum atomic E-state index is 0. The molecule has 1 aromatic carbocycles. The molecule has 24 heavy (non-hydrogen) atoms. The maximum absolute atomic E-state index is 12.8. The van der Waals surface area contributed by atoms with Gasteiger partial charge >= 0.3 is 0 Å². The monoisotopic (exact) mass is 348 g/mol. The summed E-state index contributed by atoms with van der Waals surface area (Å²) in [5.41, 5.74) is 8.62.